The van der Waals surface area contributed by atoms with E-state index in [9.17, 15) is 0 Å². The number of benzene rings is 2. The molecule has 14 heavy (non-hydrogen) atoms. The summed E-state index contributed by atoms with van der Waals surface area (Å²) in [7, 11) is 0. The Labute approximate surface area is 81.6 Å². The molecule has 0 radical (unpaired) electrons. The number of ether oxygens (including phenoxy) is 1. The van der Waals surface area contributed by atoms with Crippen molar-refractivity contribution in [1.29, 1.82) is 5.41 Å². The summed E-state index contributed by atoms with van der Waals surface area (Å²) in [5.41, 5.74) is 1.51. The second kappa shape index (κ2) is 2.58. The molecule has 0 spiro atoms. The van der Waals surface area contributed by atoms with Crippen molar-refractivity contribution in [3.05, 3.63) is 42.0 Å². The third kappa shape index (κ3) is 0.940. The maximum atomic E-state index is 7.68. The molecule has 0 fully saturated rings. The lowest BCUT2D eigenvalue weighted by Gasteiger charge is -2.01. The van der Waals surface area contributed by atoms with Gasteiger partial charge < -0.3 is 10.1 Å². The minimum absolute atomic E-state index is 0.408. The van der Waals surface area contributed by atoms with Gasteiger partial charge in [0.05, 0.1) is 5.71 Å². The Balaban J connectivity index is 2.38. The number of nitrogens with one attached hydrogen (secondary N) is 1. The fourth-order valence-electron chi connectivity index (χ4n) is 1.80. The van der Waals surface area contributed by atoms with Crippen LogP contribution < -0.4 is 4.74 Å². The molecule has 1 aliphatic rings. The van der Waals surface area contributed by atoms with Crippen molar-refractivity contribution in [2.45, 2.75) is 0 Å². The summed E-state index contributed by atoms with van der Waals surface area (Å²) >= 11 is 0. The number of hydrogen-bond acceptors (Lipinski definition) is 2. The molecular formula is C12H9NO. The van der Waals surface area contributed by atoms with Crippen LogP contribution in [0, 0.1) is 5.41 Å². The third-order valence-corrected chi connectivity index (χ3v) is 2.55. The largest absolute Gasteiger partial charge is 0.487 e. The Kier molecular flexibility index (Phi) is 1.39. The van der Waals surface area contributed by atoms with Gasteiger partial charge in [0, 0.05) is 5.56 Å². The molecule has 2 nitrogen and oxygen atoms in total. The van der Waals surface area contributed by atoms with E-state index in [2.05, 4.69) is 12.1 Å². The lowest BCUT2D eigenvalue weighted by atomic mass is 10.0. The predicted octanol–water partition coefficient (Wildman–Crippen LogP) is 2.60. The van der Waals surface area contributed by atoms with Gasteiger partial charge in [0.1, 0.15) is 12.4 Å². The molecule has 0 aromatic heterocycles. The lowest BCUT2D eigenvalue weighted by molar-refractivity contribution is 0.393. The van der Waals surface area contributed by atoms with Crippen LogP contribution in [0.3, 0.4) is 0 Å². The average Bonchev–Trinajstić information content (AvgIpc) is 2.57. The highest BCUT2D eigenvalue weighted by molar-refractivity contribution is 6.07. The molecule has 0 unspecified atom stereocenters. The zero-order chi connectivity index (χ0) is 9.54. The van der Waals surface area contributed by atoms with Crippen LogP contribution in [0.1, 0.15) is 5.56 Å². The highest BCUT2D eigenvalue weighted by Gasteiger charge is 2.17. The van der Waals surface area contributed by atoms with E-state index in [-0.39, 0.29) is 0 Å². The number of hydrogen-bond donors (Lipinski definition) is 1. The van der Waals surface area contributed by atoms with E-state index in [1.807, 2.05) is 24.3 Å². The van der Waals surface area contributed by atoms with Crippen LogP contribution in [-0.2, 0) is 0 Å². The lowest BCUT2D eigenvalue weighted by Crippen LogP contribution is -1.98. The Hall–Kier alpha value is -1.83. The van der Waals surface area contributed by atoms with Crippen molar-refractivity contribution in [3.63, 3.8) is 0 Å². The van der Waals surface area contributed by atoms with E-state index >= 15 is 0 Å². The van der Waals surface area contributed by atoms with E-state index in [1.54, 1.807) is 0 Å². The van der Waals surface area contributed by atoms with E-state index < -0.39 is 0 Å². The quantitative estimate of drug-likeness (QED) is 0.669. The van der Waals surface area contributed by atoms with E-state index in [0.29, 0.717) is 12.3 Å². The molecule has 1 heterocycles. The smallest absolute Gasteiger partial charge is 0.130 e. The Morgan fingerprint density at radius 2 is 1.79 bits per heavy atom. The van der Waals surface area contributed by atoms with Crippen molar-refractivity contribution in [1.82, 2.24) is 0 Å². The van der Waals surface area contributed by atoms with Crippen LogP contribution in [0.4, 0.5) is 0 Å². The molecule has 2 heteroatoms. The molecule has 3 rings (SSSR count). The number of fused-ring (bicyclic) bond motifs is 2. The summed E-state index contributed by atoms with van der Waals surface area (Å²) in [6, 6.07) is 12.2. The molecule has 0 aliphatic carbocycles. The summed E-state index contributed by atoms with van der Waals surface area (Å²) in [5.74, 6) is 0.841. The minimum atomic E-state index is 0.408. The molecular weight excluding hydrogens is 174 g/mol. The third-order valence-electron chi connectivity index (χ3n) is 2.55. The summed E-state index contributed by atoms with van der Waals surface area (Å²) in [4.78, 5) is 0. The molecule has 1 aliphatic heterocycles. The second-order valence-corrected chi connectivity index (χ2v) is 3.46. The van der Waals surface area contributed by atoms with Crippen molar-refractivity contribution >= 4 is 16.5 Å². The van der Waals surface area contributed by atoms with Gasteiger partial charge in [-0.05, 0) is 22.9 Å². The predicted molar refractivity (Wildman–Crippen MR) is 56.3 cm³/mol. The zero-order valence-corrected chi connectivity index (χ0v) is 7.58. The normalized spacial score (nSPS) is 14.1. The molecule has 0 saturated carbocycles. The van der Waals surface area contributed by atoms with Crippen molar-refractivity contribution < 1.29 is 4.74 Å². The van der Waals surface area contributed by atoms with Gasteiger partial charge in [0.15, 0.2) is 0 Å². The Morgan fingerprint density at radius 3 is 2.57 bits per heavy atom. The topological polar surface area (TPSA) is 33.1 Å². The van der Waals surface area contributed by atoms with Crippen molar-refractivity contribution in [3.8, 4) is 5.75 Å². The molecule has 2 aromatic carbocycles. The Morgan fingerprint density at radius 1 is 1.07 bits per heavy atom. The van der Waals surface area contributed by atoms with Gasteiger partial charge in [0.25, 0.3) is 0 Å². The van der Waals surface area contributed by atoms with Gasteiger partial charge in [-0.3, -0.25) is 0 Å². The SMILES string of the molecule is N=C1COc2cc3ccccc3cc21. The van der Waals surface area contributed by atoms with Crippen LogP contribution in [0.2, 0.25) is 0 Å². The summed E-state index contributed by atoms with van der Waals surface area (Å²) < 4.78 is 5.39. The molecule has 0 atom stereocenters. The van der Waals surface area contributed by atoms with Gasteiger partial charge in [-0.25, -0.2) is 0 Å². The standard InChI is InChI=1S/C12H9NO/c13-11-7-14-12-6-9-4-2-1-3-8(9)5-10(11)12/h1-6,13H,7H2. The molecule has 68 valence electrons. The summed E-state index contributed by atoms with van der Waals surface area (Å²) in [6.07, 6.45) is 0. The fraction of sp³-hybridized carbons (Fsp3) is 0.0833. The molecule has 0 saturated heterocycles. The van der Waals surface area contributed by atoms with Crippen LogP contribution >= 0.6 is 0 Å². The zero-order valence-electron chi connectivity index (χ0n) is 7.58. The monoisotopic (exact) mass is 183 g/mol. The van der Waals surface area contributed by atoms with E-state index in [1.165, 1.54) is 10.8 Å². The maximum absolute atomic E-state index is 7.68. The van der Waals surface area contributed by atoms with Gasteiger partial charge in [-0.1, -0.05) is 24.3 Å². The van der Waals surface area contributed by atoms with Crippen LogP contribution in [-0.4, -0.2) is 12.3 Å². The van der Waals surface area contributed by atoms with Gasteiger partial charge in [0.2, 0.25) is 0 Å². The molecule has 0 amide bonds. The first-order chi connectivity index (χ1) is 6.84. The van der Waals surface area contributed by atoms with Gasteiger partial charge in [-0.2, -0.15) is 0 Å². The number of rotatable bonds is 0. The summed E-state index contributed by atoms with van der Waals surface area (Å²) in [6.45, 7) is 0.408. The molecule has 2 aromatic rings. The molecule has 1 N–H and O–H groups in total. The fourth-order valence-corrected chi connectivity index (χ4v) is 1.80. The summed E-state index contributed by atoms with van der Waals surface area (Å²) in [5, 5.41) is 10.0. The van der Waals surface area contributed by atoms with E-state index in [4.69, 9.17) is 10.1 Å². The average molecular weight is 183 g/mol. The second-order valence-electron chi connectivity index (χ2n) is 3.46. The molecule has 0 bridgehead atoms. The van der Waals surface area contributed by atoms with Gasteiger partial charge in [-0.15, -0.1) is 0 Å². The van der Waals surface area contributed by atoms with Crippen LogP contribution in [0.25, 0.3) is 10.8 Å². The highest BCUT2D eigenvalue weighted by atomic mass is 16.5. The minimum Gasteiger partial charge on any atom is -0.487 e. The van der Waals surface area contributed by atoms with E-state index in [0.717, 1.165) is 11.3 Å². The van der Waals surface area contributed by atoms with Crippen LogP contribution in [0.15, 0.2) is 36.4 Å². The van der Waals surface area contributed by atoms with Crippen molar-refractivity contribution in [2.24, 2.45) is 0 Å². The van der Waals surface area contributed by atoms with Gasteiger partial charge >= 0.3 is 0 Å². The first-order valence-electron chi connectivity index (χ1n) is 4.58. The van der Waals surface area contributed by atoms with Crippen molar-refractivity contribution in [2.75, 3.05) is 6.61 Å². The first-order valence-corrected chi connectivity index (χ1v) is 4.58. The highest BCUT2D eigenvalue weighted by Crippen LogP contribution is 2.29. The first kappa shape index (κ1) is 7.56. The van der Waals surface area contributed by atoms with Crippen LogP contribution in [0.5, 0.6) is 5.75 Å². The Bertz CT molecular complexity index is 531. The maximum Gasteiger partial charge on any atom is 0.130 e.